The molecule has 2 N–H and O–H groups in total. The van der Waals surface area contributed by atoms with E-state index in [1.54, 1.807) is 6.07 Å². The summed E-state index contributed by atoms with van der Waals surface area (Å²) in [7, 11) is 0. The Kier molecular flexibility index (Phi) is 5.04. The zero-order valence-corrected chi connectivity index (χ0v) is 14.6. The van der Waals surface area contributed by atoms with E-state index in [2.05, 4.69) is 10.6 Å². The number of rotatable bonds is 6. The quantitative estimate of drug-likeness (QED) is 0.798. The summed E-state index contributed by atoms with van der Waals surface area (Å²) >= 11 is 0. The minimum atomic E-state index is -2.67. The van der Waals surface area contributed by atoms with Gasteiger partial charge < -0.3 is 10.6 Å². The van der Waals surface area contributed by atoms with Crippen LogP contribution in [0.3, 0.4) is 0 Å². The number of benzene rings is 1. The summed E-state index contributed by atoms with van der Waals surface area (Å²) in [5.74, 6) is -2.50. The van der Waals surface area contributed by atoms with Crippen LogP contribution in [0.15, 0.2) is 18.2 Å². The van der Waals surface area contributed by atoms with E-state index in [1.165, 1.54) is 25.0 Å². The van der Waals surface area contributed by atoms with Crippen LogP contribution in [-0.4, -0.2) is 30.5 Å². The molecule has 2 atom stereocenters. The third-order valence-electron chi connectivity index (χ3n) is 5.24. The molecular weight excluding hydrogens is 353 g/mol. The van der Waals surface area contributed by atoms with Crippen molar-refractivity contribution in [3.8, 4) is 0 Å². The summed E-state index contributed by atoms with van der Waals surface area (Å²) in [6, 6.07) is 4.08. The fourth-order valence-electron chi connectivity index (χ4n) is 3.41. The number of nitrogens with one attached hydrogen (secondary N) is 2. The van der Waals surface area contributed by atoms with Crippen molar-refractivity contribution in [3.63, 3.8) is 0 Å². The zero-order valence-electron chi connectivity index (χ0n) is 13.7. The van der Waals surface area contributed by atoms with E-state index >= 15 is 0 Å². The molecule has 3 saturated carbocycles. The lowest BCUT2D eigenvalue weighted by Gasteiger charge is -2.35. The zero-order chi connectivity index (χ0) is 16.9. The Balaban J connectivity index is 0.00000182. The van der Waals surface area contributed by atoms with Crippen molar-refractivity contribution < 1.29 is 18.0 Å². The van der Waals surface area contributed by atoms with Crippen LogP contribution in [0.4, 0.5) is 13.2 Å². The summed E-state index contributed by atoms with van der Waals surface area (Å²) in [6.07, 6.45) is 2.79. The molecule has 0 saturated heterocycles. The highest BCUT2D eigenvalue weighted by Gasteiger charge is 2.46. The fourth-order valence-corrected chi connectivity index (χ4v) is 3.41. The van der Waals surface area contributed by atoms with Gasteiger partial charge >= 0.3 is 0 Å². The van der Waals surface area contributed by atoms with Crippen LogP contribution in [0, 0.1) is 11.7 Å². The number of halogens is 4. The molecule has 0 aromatic heterocycles. The first-order chi connectivity index (χ1) is 11.4. The third-order valence-corrected chi connectivity index (χ3v) is 5.24. The maximum atomic E-state index is 14.1. The number of carbonyl (C=O) groups is 1. The third kappa shape index (κ3) is 4.29. The molecule has 3 nitrogen and oxygen atoms in total. The second-order valence-corrected chi connectivity index (χ2v) is 7.47. The first-order valence-electron chi connectivity index (χ1n) is 8.63. The van der Waals surface area contributed by atoms with Crippen molar-refractivity contribution in [1.82, 2.24) is 10.6 Å². The van der Waals surface area contributed by atoms with Gasteiger partial charge in [-0.25, -0.2) is 13.2 Å². The molecule has 0 spiro atoms. The topological polar surface area (TPSA) is 41.1 Å². The lowest BCUT2D eigenvalue weighted by Crippen LogP contribution is -2.50. The largest absolute Gasteiger partial charge is 0.349 e. The highest BCUT2D eigenvalue weighted by atomic mass is 35.5. The van der Waals surface area contributed by atoms with Crippen LogP contribution in [0.5, 0.6) is 0 Å². The average Bonchev–Trinajstić information content (AvgIpc) is 3.38. The predicted molar refractivity (Wildman–Crippen MR) is 91.0 cm³/mol. The van der Waals surface area contributed by atoms with Gasteiger partial charge in [-0.1, -0.05) is 0 Å². The van der Waals surface area contributed by atoms with Gasteiger partial charge in [0.05, 0.1) is 0 Å². The number of carbonyl (C=O) groups excluding carboxylic acids is 1. The molecule has 0 heterocycles. The van der Waals surface area contributed by atoms with Crippen LogP contribution in [-0.2, 0) is 0 Å². The van der Waals surface area contributed by atoms with Gasteiger partial charge in [-0.2, -0.15) is 0 Å². The second kappa shape index (κ2) is 6.80. The van der Waals surface area contributed by atoms with E-state index < -0.39 is 17.9 Å². The number of hydrogen-bond donors (Lipinski definition) is 2. The first kappa shape index (κ1) is 18.5. The van der Waals surface area contributed by atoms with Crippen LogP contribution < -0.4 is 10.6 Å². The van der Waals surface area contributed by atoms with Gasteiger partial charge in [-0.05, 0) is 55.5 Å². The molecule has 138 valence electrons. The molecule has 3 fully saturated rings. The number of alkyl halides is 2. The lowest BCUT2D eigenvalue weighted by atomic mass is 9.88. The van der Waals surface area contributed by atoms with Gasteiger partial charge in [0, 0.05) is 36.4 Å². The van der Waals surface area contributed by atoms with Crippen LogP contribution in [0.2, 0.25) is 0 Å². The van der Waals surface area contributed by atoms with Crippen molar-refractivity contribution in [3.05, 3.63) is 35.1 Å². The molecule has 25 heavy (non-hydrogen) atoms. The van der Waals surface area contributed by atoms with Crippen molar-refractivity contribution in [2.75, 3.05) is 6.54 Å². The molecule has 3 aliphatic carbocycles. The molecular formula is C18H22ClF3N2O. The maximum absolute atomic E-state index is 14.1. The molecule has 1 aromatic carbocycles. The molecule has 1 aromatic rings. The normalized spacial score (nSPS) is 27.2. The van der Waals surface area contributed by atoms with Crippen molar-refractivity contribution in [1.29, 1.82) is 0 Å². The summed E-state index contributed by atoms with van der Waals surface area (Å²) in [5, 5.41) is 6.05. The molecule has 0 aliphatic heterocycles. The standard InChI is InChI=1S/C18H21F3N2O.ClH/c19-15-4-3-11(17(24)23-12-7-18(20,21)8-12)5-13(15)14-6-16(14)22-9-10-1-2-10;/h3-5,10,12,14,16,22H,1-2,6-9H2,(H,23,24);1H/t14-,16+;/m0./s1. The summed E-state index contributed by atoms with van der Waals surface area (Å²) < 4.78 is 39.8. The first-order valence-corrected chi connectivity index (χ1v) is 8.63. The maximum Gasteiger partial charge on any atom is 0.252 e. The second-order valence-electron chi connectivity index (χ2n) is 7.47. The van der Waals surface area contributed by atoms with Gasteiger partial charge in [0.1, 0.15) is 5.82 Å². The minimum Gasteiger partial charge on any atom is -0.349 e. The Morgan fingerprint density at radius 1 is 1.24 bits per heavy atom. The summed E-state index contributed by atoms with van der Waals surface area (Å²) in [6.45, 7) is 0.985. The molecule has 0 radical (unpaired) electrons. The van der Waals surface area contributed by atoms with Crippen molar-refractivity contribution >= 4 is 18.3 Å². The molecule has 3 aliphatic rings. The van der Waals surface area contributed by atoms with Gasteiger partial charge in [-0.15, -0.1) is 12.4 Å². The van der Waals surface area contributed by atoms with Crippen LogP contribution >= 0.6 is 12.4 Å². The monoisotopic (exact) mass is 374 g/mol. The Bertz CT molecular complexity index is 658. The molecule has 7 heteroatoms. The van der Waals surface area contributed by atoms with Gasteiger partial charge in [0.2, 0.25) is 0 Å². The average molecular weight is 375 g/mol. The lowest BCUT2D eigenvalue weighted by molar-refractivity contribution is -0.0901. The van der Waals surface area contributed by atoms with E-state index in [1.807, 2.05) is 0 Å². The Morgan fingerprint density at radius 3 is 2.60 bits per heavy atom. The number of hydrogen-bond acceptors (Lipinski definition) is 2. The highest BCUT2D eigenvalue weighted by Crippen LogP contribution is 2.43. The van der Waals surface area contributed by atoms with Gasteiger partial charge in [-0.3, -0.25) is 4.79 Å². The Morgan fingerprint density at radius 2 is 1.96 bits per heavy atom. The highest BCUT2D eigenvalue weighted by molar-refractivity contribution is 5.94. The Hall–Kier alpha value is -1.27. The van der Waals surface area contributed by atoms with E-state index in [9.17, 15) is 18.0 Å². The predicted octanol–water partition coefficient (Wildman–Crippen LogP) is 3.63. The Labute approximate surface area is 151 Å². The molecule has 4 rings (SSSR count). The summed E-state index contributed by atoms with van der Waals surface area (Å²) in [5.41, 5.74) is 0.893. The SMILES string of the molecule is Cl.O=C(NC1CC(F)(F)C1)c1ccc(F)c([C@@H]2C[C@H]2NCC2CC2)c1. The van der Waals surface area contributed by atoms with Crippen LogP contribution in [0.1, 0.15) is 53.9 Å². The van der Waals surface area contributed by atoms with Gasteiger partial charge in [0.15, 0.2) is 0 Å². The smallest absolute Gasteiger partial charge is 0.252 e. The minimum absolute atomic E-state index is 0. The number of amides is 1. The molecule has 1 amide bonds. The van der Waals surface area contributed by atoms with E-state index in [4.69, 9.17) is 0 Å². The fraction of sp³-hybridized carbons (Fsp3) is 0.611. The van der Waals surface area contributed by atoms with Gasteiger partial charge in [0.25, 0.3) is 11.8 Å². The molecule has 0 unspecified atom stereocenters. The van der Waals surface area contributed by atoms with E-state index in [0.29, 0.717) is 11.1 Å². The van der Waals surface area contributed by atoms with E-state index in [0.717, 1.165) is 18.9 Å². The summed E-state index contributed by atoms with van der Waals surface area (Å²) in [4.78, 5) is 12.2. The van der Waals surface area contributed by atoms with E-state index in [-0.39, 0.29) is 43.0 Å². The van der Waals surface area contributed by atoms with Crippen molar-refractivity contribution in [2.45, 2.75) is 56.0 Å². The van der Waals surface area contributed by atoms with Crippen molar-refractivity contribution in [2.24, 2.45) is 5.92 Å². The molecule has 0 bridgehead atoms. The van der Waals surface area contributed by atoms with Crippen LogP contribution in [0.25, 0.3) is 0 Å².